The van der Waals surface area contributed by atoms with Crippen LogP contribution >= 0.6 is 11.3 Å². The fraction of sp³-hybridized carbons (Fsp3) is 0.286. The van der Waals surface area contributed by atoms with Crippen LogP contribution in [0.4, 0.5) is 14.9 Å². The number of aromatic nitrogens is 2. The van der Waals surface area contributed by atoms with Crippen LogP contribution in [0.3, 0.4) is 0 Å². The molecular weight excluding hydrogens is 453 g/mol. The molecule has 1 atom stereocenters. The Morgan fingerprint density at radius 2 is 2.03 bits per heavy atom. The van der Waals surface area contributed by atoms with E-state index in [4.69, 9.17) is 5.14 Å². The number of rotatable bonds is 4. The Hall–Kier alpha value is -2.73. The summed E-state index contributed by atoms with van der Waals surface area (Å²) in [5.74, 6) is -0.322. The molecule has 3 aromatic rings. The molecule has 0 bridgehead atoms. The minimum atomic E-state index is -3.53. The third-order valence-corrected chi connectivity index (χ3v) is 8.02. The normalized spacial score (nSPS) is 15.2. The Bertz CT molecular complexity index is 1310. The maximum absolute atomic E-state index is 13.3. The molecule has 4 rings (SSSR count). The average Bonchev–Trinajstić information content (AvgIpc) is 3.38. The summed E-state index contributed by atoms with van der Waals surface area (Å²) in [4.78, 5) is 20.8. The number of halogens is 1. The summed E-state index contributed by atoms with van der Waals surface area (Å²) in [5, 5.41) is 20.3. The number of hydrogen-bond donors (Lipinski definition) is 3. The van der Waals surface area contributed by atoms with Gasteiger partial charge in [0.25, 0.3) is 0 Å². The van der Waals surface area contributed by atoms with Gasteiger partial charge in [-0.1, -0.05) is 6.07 Å². The summed E-state index contributed by atoms with van der Waals surface area (Å²) in [5.41, 5.74) is 2.36. The van der Waals surface area contributed by atoms with Gasteiger partial charge in [0, 0.05) is 5.56 Å². The number of nitrogens with two attached hydrogens (primary N) is 1. The first-order chi connectivity index (χ1) is 15.0. The monoisotopic (exact) mass is 475 g/mol. The largest absolute Gasteiger partial charge is 0.386 e. The molecular formula is C21H22FN5O3S2. The highest BCUT2D eigenvalue weighted by Gasteiger charge is 2.24. The molecule has 168 valence electrons. The van der Waals surface area contributed by atoms with Crippen molar-refractivity contribution in [2.24, 2.45) is 9.50 Å². The van der Waals surface area contributed by atoms with E-state index in [-0.39, 0.29) is 10.0 Å². The number of anilines is 1. The highest BCUT2D eigenvalue weighted by atomic mass is 32.2. The second kappa shape index (κ2) is 8.32. The summed E-state index contributed by atoms with van der Waals surface area (Å²) in [6.45, 7) is 3.19. The molecule has 0 spiro atoms. The molecule has 0 saturated carbocycles. The second-order valence-corrected chi connectivity index (χ2v) is 10.9. The second-order valence-electron chi connectivity index (χ2n) is 8.01. The lowest BCUT2D eigenvalue weighted by atomic mass is 10.0. The maximum atomic E-state index is 13.3. The fourth-order valence-electron chi connectivity index (χ4n) is 3.54. The number of urea groups is 1. The van der Waals surface area contributed by atoms with Crippen molar-refractivity contribution in [1.29, 1.82) is 0 Å². The van der Waals surface area contributed by atoms with Gasteiger partial charge in [0.15, 0.2) is 21.6 Å². The molecule has 2 amide bonds. The molecule has 32 heavy (non-hydrogen) atoms. The van der Waals surface area contributed by atoms with Gasteiger partial charge in [-0.05, 0) is 67.3 Å². The fourth-order valence-corrected chi connectivity index (χ4v) is 5.82. The van der Waals surface area contributed by atoms with Gasteiger partial charge in [-0.15, -0.1) is 15.7 Å². The zero-order valence-corrected chi connectivity index (χ0v) is 19.1. The highest BCUT2D eigenvalue weighted by Crippen LogP contribution is 2.36. The Labute approximate surface area is 189 Å². The van der Waals surface area contributed by atoms with Crippen molar-refractivity contribution >= 4 is 33.0 Å². The molecule has 2 heterocycles. The number of aliphatic hydroxyl groups is 1. The molecule has 0 fully saturated rings. The van der Waals surface area contributed by atoms with Crippen LogP contribution in [0.15, 0.2) is 44.5 Å². The van der Waals surface area contributed by atoms with E-state index in [1.807, 2.05) is 6.07 Å². The van der Waals surface area contributed by atoms with E-state index in [2.05, 4.69) is 19.6 Å². The van der Waals surface area contributed by atoms with Crippen molar-refractivity contribution in [3.63, 3.8) is 0 Å². The molecule has 1 aliphatic carbocycles. The van der Waals surface area contributed by atoms with E-state index in [0.29, 0.717) is 16.8 Å². The molecule has 2 aromatic heterocycles. The number of fused-ring (bicyclic) bond motifs is 1. The van der Waals surface area contributed by atoms with E-state index >= 15 is 0 Å². The topological polar surface area (TPSA) is 131 Å². The number of amides is 2. The molecule has 1 aromatic carbocycles. The summed E-state index contributed by atoms with van der Waals surface area (Å²) < 4.78 is 30.2. The van der Waals surface area contributed by atoms with Crippen LogP contribution in [-0.4, -0.2) is 25.3 Å². The first kappa shape index (κ1) is 22.5. The number of carbonyl (C=O) groups excluding carboxylic acids is 1. The Balaban J connectivity index is 1.70. The van der Waals surface area contributed by atoms with E-state index in [1.165, 1.54) is 6.07 Å². The molecule has 1 unspecified atom stereocenters. The predicted octanol–water partition coefficient (Wildman–Crippen LogP) is 3.99. The minimum Gasteiger partial charge on any atom is -0.386 e. The lowest BCUT2D eigenvalue weighted by Crippen LogP contribution is -2.18. The van der Waals surface area contributed by atoms with E-state index < -0.39 is 27.4 Å². The van der Waals surface area contributed by atoms with Crippen molar-refractivity contribution in [3.05, 3.63) is 58.5 Å². The van der Waals surface area contributed by atoms with Crippen molar-refractivity contribution in [3.8, 4) is 11.4 Å². The quantitative estimate of drug-likeness (QED) is 0.525. The summed E-state index contributed by atoms with van der Waals surface area (Å²) in [7, 11) is -3.53. The van der Waals surface area contributed by atoms with E-state index in [1.54, 1.807) is 25.3 Å². The average molecular weight is 476 g/mol. The Kier molecular flexibility index (Phi) is 5.84. The minimum absolute atomic E-state index is 0.185. The first-order valence-corrected chi connectivity index (χ1v) is 12.3. The van der Waals surface area contributed by atoms with Gasteiger partial charge in [-0.2, -0.15) is 0 Å². The summed E-state index contributed by atoms with van der Waals surface area (Å²) in [6, 6.07) is 4.32. The van der Waals surface area contributed by atoms with Crippen LogP contribution < -0.4 is 10.5 Å². The number of thiophene rings is 1. The highest BCUT2D eigenvalue weighted by molar-refractivity contribution is 7.93. The van der Waals surface area contributed by atoms with Gasteiger partial charge in [0.1, 0.15) is 4.21 Å². The van der Waals surface area contributed by atoms with Gasteiger partial charge < -0.3 is 10.4 Å². The van der Waals surface area contributed by atoms with Crippen molar-refractivity contribution in [2.75, 3.05) is 5.32 Å². The number of aryl methyl sites for hydroxylation is 1. The summed E-state index contributed by atoms with van der Waals surface area (Å²) in [6.07, 6.45) is 4.62. The lowest BCUT2D eigenvalue weighted by molar-refractivity contribution is 0.0789. The molecule has 0 aliphatic heterocycles. The van der Waals surface area contributed by atoms with Crippen LogP contribution in [0.5, 0.6) is 0 Å². The predicted molar refractivity (Wildman–Crippen MR) is 121 cm³/mol. The van der Waals surface area contributed by atoms with Gasteiger partial charge >= 0.3 is 6.03 Å². The van der Waals surface area contributed by atoms with Gasteiger partial charge in [0.2, 0.25) is 0 Å². The molecule has 0 saturated heterocycles. The number of carbonyl (C=O) groups is 1. The molecule has 8 nitrogen and oxygen atoms in total. The van der Waals surface area contributed by atoms with Crippen molar-refractivity contribution in [2.45, 2.75) is 42.9 Å². The lowest BCUT2D eigenvalue weighted by Gasteiger charge is -2.15. The molecule has 11 heteroatoms. The SMILES string of the molecule is CC(C)(O)c1csc(S(N)(=O)=NC(=O)Nc2c(-c3ncc(F)cn3)ccc3c2CCC3)c1. The third-order valence-electron chi connectivity index (χ3n) is 5.16. The first-order valence-electron chi connectivity index (χ1n) is 9.84. The van der Waals surface area contributed by atoms with Gasteiger partial charge in [-0.25, -0.2) is 28.5 Å². The molecule has 4 N–H and O–H groups in total. The Morgan fingerprint density at radius 3 is 2.69 bits per heavy atom. The van der Waals surface area contributed by atoms with Crippen molar-refractivity contribution in [1.82, 2.24) is 9.97 Å². The van der Waals surface area contributed by atoms with Crippen LogP contribution in [-0.2, 0) is 28.4 Å². The Morgan fingerprint density at radius 1 is 1.31 bits per heavy atom. The third kappa shape index (κ3) is 4.56. The zero-order chi connectivity index (χ0) is 23.1. The number of nitrogens with one attached hydrogen (secondary N) is 1. The van der Waals surface area contributed by atoms with Crippen molar-refractivity contribution < 1.29 is 18.5 Å². The molecule has 0 radical (unpaired) electrons. The summed E-state index contributed by atoms with van der Waals surface area (Å²) >= 11 is 1.06. The molecule has 1 aliphatic rings. The number of benzene rings is 1. The van der Waals surface area contributed by atoms with Gasteiger partial charge in [0.05, 0.1) is 23.7 Å². The standard InChI is InChI=1S/C21H22FN5O3S2/c1-21(2,29)13-8-17(31-11-13)32(23,30)27-20(28)26-18-15-5-3-4-12(15)6-7-16(18)19-24-9-14(22)10-25-19/h6-11,29H,3-5H2,1-2H3,(H3,23,26,27,28,30). The van der Waals surface area contributed by atoms with Gasteiger partial charge in [-0.3, -0.25) is 0 Å². The number of nitrogens with zero attached hydrogens (tertiary/aromatic N) is 3. The van der Waals surface area contributed by atoms with Crippen LogP contribution in [0, 0.1) is 5.82 Å². The van der Waals surface area contributed by atoms with E-state index in [9.17, 15) is 18.5 Å². The number of hydrogen-bond acceptors (Lipinski definition) is 6. The smallest absolute Gasteiger partial charge is 0.354 e. The zero-order valence-electron chi connectivity index (χ0n) is 17.5. The maximum Gasteiger partial charge on any atom is 0.354 e. The van der Waals surface area contributed by atoms with Crippen LogP contribution in [0.2, 0.25) is 0 Å². The van der Waals surface area contributed by atoms with Crippen LogP contribution in [0.1, 0.15) is 37.0 Å². The van der Waals surface area contributed by atoms with E-state index in [0.717, 1.165) is 54.1 Å². The van der Waals surface area contributed by atoms with Crippen LogP contribution in [0.25, 0.3) is 11.4 Å².